The van der Waals surface area contributed by atoms with Crippen molar-refractivity contribution in [3.05, 3.63) is 29.3 Å². The first-order chi connectivity index (χ1) is 10.0. The second kappa shape index (κ2) is 9.04. The Balaban J connectivity index is 2.27. The number of nitrogens with zero attached hydrogens (tertiary/aromatic N) is 1. The molecular weight excluding hydrogens is 300 g/mol. The van der Waals surface area contributed by atoms with Crippen LogP contribution in [-0.2, 0) is 9.47 Å². The molecule has 116 valence electrons. The van der Waals surface area contributed by atoms with Crippen LogP contribution >= 0.6 is 11.6 Å². The summed E-state index contributed by atoms with van der Waals surface area (Å²) in [6.07, 6.45) is -0.810. The van der Waals surface area contributed by atoms with Crippen molar-refractivity contribution in [1.29, 1.82) is 0 Å². The number of benzene rings is 1. The van der Waals surface area contributed by atoms with Crippen LogP contribution in [0.3, 0.4) is 0 Å². The largest absolute Gasteiger partial charge is 0.450 e. The number of carbonyl (C=O) groups excluding carboxylic acids is 2. The normalized spacial score (nSPS) is 9.86. The lowest BCUT2D eigenvalue weighted by atomic mass is 10.3. The second-order valence-corrected chi connectivity index (χ2v) is 4.40. The Morgan fingerprint density at radius 2 is 1.90 bits per heavy atom. The maximum absolute atomic E-state index is 11.5. The first kappa shape index (κ1) is 17.1. The summed E-state index contributed by atoms with van der Waals surface area (Å²) in [6.45, 7) is 2.20. The van der Waals surface area contributed by atoms with E-state index in [0.29, 0.717) is 16.7 Å². The SMILES string of the molecule is CCCOC(=O)NCCOC(=O)N(O)c1ccc(Cl)cc1. The zero-order valence-electron chi connectivity index (χ0n) is 11.5. The average Bonchev–Trinajstić information content (AvgIpc) is 2.49. The molecule has 0 aliphatic heterocycles. The van der Waals surface area contributed by atoms with Gasteiger partial charge in [0.2, 0.25) is 0 Å². The Morgan fingerprint density at radius 3 is 2.52 bits per heavy atom. The zero-order valence-corrected chi connectivity index (χ0v) is 12.3. The summed E-state index contributed by atoms with van der Waals surface area (Å²) in [7, 11) is 0. The minimum atomic E-state index is -0.957. The number of nitrogens with one attached hydrogen (secondary N) is 1. The van der Waals surface area contributed by atoms with Gasteiger partial charge < -0.3 is 14.8 Å². The van der Waals surface area contributed by atoms with Crippen molar-refractivity contribution in [2.24, 2.45) is 0 Å². The summed E-state index contributed by atoms with van der Waals surface area (Å²) in [5, 5.41) is 12.8. The van der Waals surface area contributed by atoms with Gasteiger partial charge in [0.1, 0.15) is 6.61 Å². The van der Waals surface area contributed by atoms with E-state index in [1.165, 1.54) is 24.3 Å². The predicted octanol–water partition coefficient (Wildman–Crippen LogP) is 2.81. The molecular formula is C13H17ClN2O5. The summed E-state index contributed by atoms with van der Waals surface area (Å²) in [5.74, 6) is 0. The van der Waals surface area contributed by atoms with E-state index in [9.17, 15) is 14.8 Å². The molecule has 0 radical (unpaired) electrons. The number of carbonyl (C=O) groups is 2. The molecule has 0 fully saturated rings. The van der Waals surface area contributed by atoms with Crippen molar-refractivity contribution >= 4 is 29.5 Å². The van der Waals surface area contributed by atoms with Crippen LogP contribution < -0.4 is 10.4 Å². The summed E-state index contributed by atoms with van der Waals surface area (Å²) >= 11 is 5.70. The van der Waals surface area contributed by atoms with E-state index in [1.807, 2.05) is 6.92 Å². The molecule has 0 spiro atoms. The highest BCUT2D eigenvalue weighted by Gasteiger charge is 2.14. The van der Waals surface area contributed by atoms with E-state index in [4.69, 9.17) is 21.1 Å². The molecule has 2 N–H and O–H groups in total. The van der Waals surface area contributed by atoms with Gasteiger partial charge in [-0.3, -0.25) is 5.21 Å². The first-order valence-electron chi connectivity index (χ1n) is 6.36. The Hall–Kier alpha value is -1.99. The van der Waals surface area contributed by atoms with Crippen LogP contribution in [0, 0.1) is 0 Å². The van der Waals surface area contributed by atoms with Crippen LogP contribution in [0.15, 0.2) is 24.3 Å². The van der Waals surface area contributed by atoms with E-state index in [0.717, 1.165) is 6.42 Å². The molecule has 0 atom stereocenters. The van der Waals surface area contributed by atoms with Gasteiger partial charge in [-0.25, -0.2) is 9.59 Å². The summed E-state index contributed by atoms with van der Waals surface area (Å²) in [5.41, 5.74) is 0.222. The van der Waals surface area contributed by atoms with Crippen LogP contribution in [-0.4, -0.2) is 37.2 Å². The van der Waals surface area contributed by atoms with Crippen molar-refractivity contribution < 1.29 is 24.3 Å². The van der Waals surface area contributed by atoms with Gasteiger partial charge in [0.25, 0.3) is 0 Å². The molecule has 7 nitrogen and oxygen atoms in total. The van der Waals surface area contributed by atoms with Gasteiger partial charge in [0, 0.05) is 5.02 Å². The number of halogens is 1. The predicted molar refractivity (Wildman–Crippen MR) is 76.7 cm³/mol. The van der Waals surface area contributed by atoms with Crippen LogP contribution in [0.4, 0.5) is 15.3 Å². The molecule has 0 aliphatic carbocycles. The van der Waals surface area contributed by atoms with Gasteiger partial charge in [-0.05, 0) is 30.7 Å². The number of amides is 2. The molecule has 1 rings (SSSR count). The topological polar surface area (TPSA) is 88.1 Å². The van der Waals surface area contributed by atoms with Crippen molar-refractivity contribution in [3.8, 4) is 0 Å². The van der Waals surface area contributed by atoms with Crippen molar-refractivity contribution in [2.75, 3.05) is 24.8 Å². The quantitative estimate of drug-likeness (QED) is 0.478. The number of hydrogen-bond acceptors (Lipinski definition) is 5. The minimum absolute atomic E-state index is 0.0861. The smallest absolute Gasteiger partial charge is 0.438 e. The van der Waals surface area contributed by atoms with Crippen LogP contribution in [0.1, 0.15) is 13.3 Å². The molecule has 0 saturated heterocycles. The molecule has 1 aromatic carbocycles. The fraction of sp³-hybridized carbons (Fsp3) is 0.385. The minimum Gasteiger partial charge on any atom is -0.450 e. The van der Waals surface area contributed by atoms with Gasteiger partial charge in [0.05, 0.1) is 18.8 Å². The third-order valence-corrected chi connectivity index (χ3v) is 2.53. The van der Waals surface area contributed by atoms with Crippen molar-refractivity contribution in [1.82, 2.24) is 5.32 Å². The summed E-state index contributed by atoms with van der Waals surface area (Å²) in [4.78, 5) is 22.6. The van der Waals surface area contributed by atoms with Gasteiger partial charge >= 0.3 is 12.2 Å². The highest BCUT2D eigenvalue weighted by atomic mass is 35.5. The molecule has 0 saturated carbocycles. The molecule has 0 aliphatic rings. The molecule has 8 heteroatoms. The van der Waals surface area contributed by atoms with Crippen LogP contribution in [0.5, 0.6) is 0 Å². The molecule has 0 heterocycles. The number of hydrogen-bond donors (Lipinski definition) is 2. The third kappa shape index (κ3) is 6.33. The molecule has 0 aromatic heterocycles. The number of anilines is 1. The Labute approximate surface area is 127 Å². The number of alkyl carbamates (subject to hydrolysis) is 1. The lowest BCUT2D eigenvalue weighted by molar-refractivity contribution is 0.116. The van der Waals surface area contributed by atoms with E-state index in [1.54, 1.807) is 0 Å². The summed E-state index contributed by atoms with van der Waals surface area (Å²) < 4.78 is 9.54. The van der Waals surface area contributed by atoms with E-state index < -0.39 is 12.2 Å². The maximum Gasteiger partial charge on any atom is 0.438 e. The Morgan fingerprint density at radius 1 is 1.24 bits per heavy atom. The van der Waals surface area contributed by atoms with Gasteiger partial charge in [-0.15, -0.1) is 0 Å². The highest BCUT2D eigenvalue weighted by Crippen LogP contribution is 2.17. The fourth-order valence-electron chi connectivity index (χ4n) is 1.29. The molecule has 0 bridgehead atoms. The van der Waals surface area contributed by atoms with E-state index >= 15 is 0 Å². The number of hydroxylamine groups is 1. The van der Waals surface area contributed by atoms with Gasteiger partial charge in [-0.2, -0.15) is 5.06 Å². The molecule has 0 unspecified atom stereocenters. The van der Waals surface area contributed by atoms with E-state index in [2.05, 4.69) is 5.32 Å². The first-order valence-corrected chi connectivity index (χ1v) is 6.74. The standard InChI is InChI=1S/C13H17ClN2O5/c1-2-8-20-12(17)15-7-9-21-13(18)16(19)11-5-3-10(14)4-6-11/h3-6,19H,2,7-9H2,1H3,(H,15,17). The van der Waals surface area contributed by atoms with E-state index in [-0.39, 0.29) is 18.8 Å². The van der Waals surface area contributed by atoms with Crippen molar-refractivity contribution in [3.63, 3.8) is 0 Å². The summed E-state index contributed by atoms with van der Waals surface area (Å²) in [6, 6.07) is 5.98. The highest BCUT2D eigenvalue weighted by molar-refractivity contribution is 6.30. The fourth-order valence-corrected chi connectivity index (χ4v) is 1.41. The van der Waals surface area contributed by atoms with Crippen LogP contribution in [0.2, 0.25) is 5.02 Å². The van der Waals surface area contributed by atoms with Crippen molar-refractivity contribution in [2.45, 2.75) is 13.3 Å². The molecule has 2 amide bonds. The maximum atomic E-state index is 11.5. The number of rotatable bonds is 6. The van der Waals surface area contributed by atoms with Gasteiger partial charge in [0.15, 0.2) is 0 Å². The zero-order chi connectivity index (χ0) is 15.7. The monoisotopic (exact) mass is 316 g/mol. The molecule has 1 aromatic rings. The Bertz CT molecular complexity index is 466. The Kier molecular flexibility index (Phi) is 7.34. The number of ether oxygens (including phenoxy) is 2. The lowest BCUT2D eigenvalue weighted by Gasteiger charge is -2.15. The second-order valence-electron chi connectivity index (χ2n) is 3.97. The van der Waals surface area contributed by atoms with Gasteiger partial charge in [-0.1, -0.05) is 18.5 Å². The third-order valence-electron chi connectivity index (χ3n) is 2.28. The average molecular weight is 317 g/mol. The van der Waals surface area contributed by atoms with Crippen LogP contribution in [0.25, 0.3) is 0 Å². The molecule has 21 heavy (non-hydrogen) atoms. The lowest BCUT2D eigenvalue weighted by Crippen LogP contribution is -2.32.